The molecule has 21 heavy (non-hydrogen) atoms. The van der Waals surface area contributed by atoms with Gasteiger partial charge in [-0.05, 0) is 5.53 Å². The maximum atomic E-state index is 13.5. The summed E-state index contributed by atoms with van der Waals surface area (Å²) in [6, 6.07) is 0. The Hall–Kier alpha value is -2.65. The lowest BCUT2D eigenvalue weighted by atomic mass is 10.1. The Morgan fingerprint density at radius 1 is 1.24 bits per heavy atom. The van der Waals surface area contributed by atoms with Gasteiger partial charge in [0.1, 0.15) is 5.69 Å². The number of hydrogen-bond donors (Lipinski definition) is 2. The lowest BCUT2D eigenvalue weighted by Gasteiger charge is -2.05. The number of amides is 1. The second kappa shape index (κ2) is 7.22. The highest BCUT2D eigenvalue weighted by atomic mass is 19.2. The van der Waals surface area contributed by atoms with E-state index in [2.05, 4.69) is 15.1 Å². The molecule has 1 aromatic carbocycles. The number of hydrazone groups is 1. The zero-order valence-corrected chi connectivity index (χ0v) is 10.3. The molecule has 0 radical (unpaired) electrons. The topological polar surface area (TPSA) is 116 Å². The van der Waals surface area contributed by atoms with Crippen LogP contribution in [-0.2, 0) is 4.79 Å². The van der Waals surface area contributed by atoms with Gasteiger partial charge in [-0.3, -0.25) is 4.79 Å². The minimum absolute atomic E-state index is 0.0220. The number of hydrogen-bond acceptors (Lipinski definition) is 4. The molecule has 11 heteroatoms. The monoisotopic (exact) mass is 304 g/mol. The molecule has 1 rings (SSSR count). The molecule has 1 aromatic rings. The van der Waals surface area contributed by atoms with Crippen LogP contribution in [0.15, 0.2) is 10.2 Å². The van der Waals surface area contributed by atoms with Gasteiger partial charge in [0.05, 0.1) is 11.8 Å². The van der Waals surface area contributed by atoms with Crippen LogP contribution in [0, 0.1) is 23.3 Å². The van der Waals surface area contributed by atoms with Crippen LogP contribution >= 0.6 is 0 Å². The molecule has 0 bridgehead atoms. The van der Waals surface area contributed by atoms with E-state index in [1.807, 2.05) is 5.43 Å². The van der Waals surface area contributed by atoms with E-state index < -0.39 is 40.4 Å². The molecule has 0 aromatic heterocycles. The fraction of sp³-hybridized carbons (Fsp3) is 0.200. The van der Waals surface area contributed by atoms with E-state index in [-0.39, 0.29) is 13.0 Å². The van der Waals surface area contributed by atoms with Crippen LogP contribution in [0.3, 0.4) is 0 Å². The first kappa shape index (κ1) is 16.4. The Bertz CT molecular complexity index is 612. The molecule has 7 nitrogen and oxygen atoms in total. The largest absolute Gasteiger partial charge is 0.330 e. The Morgan fingerprint density at radius 2 is 1.81 bits per heavy atom. The molecular formula is C10H8F4N6O. The Balaban J connectivity index is 3.18. The Kier molecular flexibility index (Phi) is 5.64. The lowest BCUT2D eigenvalue weighted by molar-refractivity contribution is -0.120. The molecule has 0 spiro atoms. The van der Waals surface area contributed by atoms with Crippen molar-refractivity contribution in [2.45, 2.75) is 6.42 Å². The van der Waals surface area contributed by atoms with Crippen molar-refractivity contribution in [2.24, 2.45) is 15.9 Å². The molecule has 112 valence electrons. The van der Waals surface area contributed by atoms with Crippen molar-refractivity contribution in [1.82, 2.24) is 5.43 Å². The molecule has 0 saturated carbocycles. The molecule has 0 saturated heterocycles. The van der Waals surface area contributed by atoms with E-state index in [4.69, 9.17) is 11.3 Å². The van der Waals surface area contributed by atoms with Crippen LogP contribution < -0.4 is 11.2 Å². The van der Waals surface area contributed by atoms with Crippen molar-refractivity contribution >= 4 is 17.8 Å². The van der Waals surface area contributed by atoms with E-state index in [1.165, 1.54) is 0 Å². The van der Waals surface area contributed by atoms with Gasteiger partial charge in [-0.25, -0.2) is 23.0 Å². The number of rotatable bonds is 5. The summed E-state index contributed by atoms with van der Waals surface area (Å²) in [5.41, 5.74) is 12.4. The van der Waals surface area contributed by atoms with Gasteiger partial charge in [-0.15, -0.1) is 0 Å². The third kappa shape index (κ3) is 3.68. The molecule has 0 unspecified atom stereocenters. The van der Waals surface area contributed by atoms with Gasteiger partial charge in [0.25, 0.3) is 0 Å². The average molecular weight is 304 g/mol. The van der Waals surface area contributed by atoms with Crippen molar-refractivity contribution in [3.05, 3.63) is 39.3 Å². The normalized spacial score (nSPS) is 10.5. The molecule has 0 aliphatic carbocycles. The zero-order chi connectivity index (χ0) is 16.0. The van der Waals surface area contributed by atoms with Crippen molar-refractivity contribution in [3.63, 3.8) is 0 Å². The van der Waals surface area contributed by atoms with Crippen LogP contribution in [0.5, 0.6) is 0 Å². The summed E-state index contributed by atoms with van der Waals surface area (Å²) in [4.78, 5) is 13.0. The second-order valence-corrected chi connectivity index (χ2v) is 3.54. The fourth-order valence-corrected chi connectivity index (χ4v) is 1.24. The SMILES string of the molecule is [N-]=[N+]=Nc1c(F)c(F)c(/C=N/NC(=O)CCN)c(F)c1F. The fourth-order valence-electron chi connectivity index (χ4n) is 1.24. The smallest absolute Gasteiger partial charge is 0.241 e. The second-order valence-electron chi connectivity index (χ2n) is 3.54. The van der Waals surface area contributed by atoms with Gasteiger partial charge < -0.3 is 5.73 Å². The summed E-state index contributed by atoms with van der Waals surface area (Å²) >= 11 is 0. The van der Waals surface area contributed by atoms with Gasteiger partial charge in [-0.2, -0.15) is 5.10 Å². The van der Waals surface area contributed by atoms with Crippen molar-refractivity contribution in [1.29, 1.82) is 0 Å². The van der Waals surface area contributed by atoms with Gasteiger partial charge in [0, 0.05) is 17.9 Å². The maximum Gasteiger partial charge on any atom is 0.241 e. The van der Waals surface area contributed by atoms with Crippen molar-refractivity contribution in [3.8, 4) is 0 Å². The number of carbonyl (C=O) groups excluding carboxylic acids is 1. The van der Waals surface area contributed by atoms with Gasteiger partial charge in [0.15, 0.2) is 23.3 Å². The number of nitrogens with zero attached hydrogens (tertiary/aromatic N) is 4. The Labute approximate surface area is 115 Å². The highest BCUT2D eigenvalue weighted by Crippen LogP contribution is 2.29. The van der Waals surface area contributed by atoms with Crippen LogP contribution in [0.1, 0.15) is 12.0 Å². The highest BCUT2D eigenvalue weighted by Gasteiger charge is 2.23. The van der Waals surface area contributed by atoms with Gasteiger partial charge in [-0.1, -0.05) is 5.11 Å². The van der Waals surface area contributed by atoms with Crippen LogP contribution in [0.25, 0.3) is 10.4 Å². The van der Waals surface area contributed by atoms with E-state index >= 15 is 0 Å². The molecule has 0 aliphatic heterocycles. The summed E-state index contributed by atoms with van der Waals surface area (Å²) in [6.07, 6.45) is 0.284. The quantitative estimate of drug-likeness (QED) is 0.165. The first-order valence-electron chi connectivity index (χ1n) is 5.37. The third-order valence-corrected chi connectivity index (χ3v) is 2.17. The molecule has 0 aliphatic rings. The van der Waals surface area contributed by atoms with E-state index in [0.717, 1.165) is 0 Å². The number of azide groups is 1. The number of benzene rings is 1. The Morgan fingerprint density at radius 3 is 2.29 bits per heavy atom. The average Bonchev–Trinajstić information content (AvgIpc) is 2.45. The van der Waals surface area contributed by atoms with Crippen LogP contribution in [-0.4, -0.2) is 18.7 Å². The predicted octanol–water partition coefficient (Wildman–Crippen LogP) is 1.98. The van der Waals surface area contributed by atoms with Crippen LogP contribution in [0.2, 0.25) is 0 Å². The number of nitrogens with two attached hydrogens (primary N) is 1. The van der Waals surface area contributed by atoms with Gasteiger partial charge >= 0.3 is 0 Å². The maximum absolute atomic E-state index is 13.5. The number of halogens is 4. The number of carbonyl (C=O) groups is 1. The van der Waals surface area contributed by atoms with E-state index in [1.54, 1.807) is 0 Å². The van der Waals surface area contributed by atoms with Gasteiger partial charge in [0.2, 0.25) is 5.91 Å². The van der Waals surface area contributed by atoms with Crippen LogP contribution in [0.4, 0.5) is 23.2 Å². The number of nitrogens with one attached hydrogen (secondary N) is 1. The summed E-state index contributed by atoms with van der Waals surface area (Å²) in [7, 11) is 0. The first-order valence-corrected chi connectivity index (χ1v) is 5.37. The molecule has 1 amide bonds. The highest BCUT2D eigenvalue weighted by molar-refractivity contribution is 5.83. The molecule has 0 atom stereocenters. The summed E-state index contributed by atoms with van der Waals surface area (Å²) in [5.74, 6) is -8.02. The zero-order valence-electron chi connectivity index (χ0n) is 10.3. The van der Waals surface area contributed by atoms with Crippen molar-refractivity contribution < 1.29 is 22.4 Å². The molecule has 0 heterocycles. The van der Waals surface area contributed by atoms with Crippen molar-refractivity contribution in [2.75, 3.05) is 6.54 Å². The summed E-state index contributed by atoms with van der Waals surface area (Å²) < 4.78 is 53.8. The lowest BCUT2D eigenvalue weighted by Crippen LogP contribution is -2.21. The predicted molar refractivity (Wildman–Crippen MR) is 64.5 cm³/mol. The standard InChI is InChI=1S/C10H8F4N6O/c11-6-4(3-17-18-5(21)1-2-15)7(12)9(14)10(8(6)13)19-20-16/h3H,1-2,15H2,(H,18,21)/b17-3+. The first-order chi connectivity index (χ1) is 9.93. The molecular weight excluding hydrogens is 296 g/mol. The third-order valence-electron chi connectivity index (χ3n) is 2.17. The minimum atomic E-state index is -1.87. The molecule has 0 fully saturated rings. The minimum Gasteiger partial charge on any atom is -0.330 e. The summed E-state index contributed by atoms with van der Waals surface area (Å²) in [6.45, 7) is 0.0220. The van der Waals surface area contributed by atoms with E-state index in [9.17, 15) is 22.4 Å². The van der Waals surface area contributed by atoms with E-state index in [0.29, 0.717) is 6.21 Å². The molecule has 3 N–H and O–H groups in total. The summed E-state index contributed by atoms with van der Waals surface area (Å²) in [5, 5.41) is 5.67.